The molecule has 1 atom stereocenters. The van der Waals surface area contributed by atoms with Gasteiger partial charge in [0, 0.05) is 6.42 Å². The largest absolute Gasteiger partial charge is 0.439 e. The number of nitrogens with zero attached hydrogens (tertiary/aromatic N) is 1. The van der Waals surface area contributed by atoms with E-state index in [-0.39, 0.29) is 11.9 Å². The molecule has 0 amide bonds. The van der Waals surface area contributed by atoms with E-state index in [4.69, 9.17) is 4.74 Å². The van der Waals surface area contributed by atoms with Gasteiger partial charge in [0.1, 0.15) is 6.07 Å². The number of carbonyl (C=O) groups is 1. The lowest BCUT2D eigenvalue weighted by Crippen LogP contribution is -2.36. The number of carbonyl (C=O) groups excluding carboxylic acids is 1. The molecule has 0 heterocycles. The van der Waals surface area contributed by atoms with Crippen LogP contribution in [-0.4, -0.2) is 11.6 Å². The Hall–Kier alpha value is -2.34. The van der Waals surface area contributed by atoms with E-state index >= 15 is 0 Å². The van der Waals surface area contributed by atoms with Gasteiger partial charge in [0.05, 0.1) is 5.92 Å². The Morgan fingerprint density at radius 1 is 1.24 bits per heavy atom. The average molecular weight is 335 g/mol. The maximum Gasteiger partial charge on any atom is 0.310 e. The zero-order valence-electron chi connectivity index (χ0n) is 14.8. The Morgan fingerprint density at radius 3 is 2.52 bits per heavy atom. The fourth-order valence-corrected chi connectivity index (χ4v) is 3.72. The average Bonchev–Trinajstić information content (AvgIpc) is 2.69. The van der Waals surface area contributed by atoms with Gasteiger partial charge in [-0.2, -0.15) is 5.26 Å². The number of benzene rings is 1. The zero-order valence-corrected chi connectivity index (χ0v) is 14.8. The summed E-state index contributed by atoms with van der Waals surface area (Å²) in [6.07, 6.45) is 11.1. The number of rotatable bonds is 4. The molecule has 0 aliphatic heterocycles. The van der Waals surface area contributed by atoms with Crippen LogP contribution < -0.4 is 0 Å². The summed E-state index contributed by atoms with van der Waals surface area (Å²) in [5.41, 5.74) is 1.01. The number of hydrogen-bond donors (Lipinski definition) is 0. The topological polar surface area (TPSA) is 50.1 Å². The van der Waals surface area contributed by atoms with Gasteiger partial charge in [-0.05, 0) is 48.8 Å². The van der Waals surface area contributed by atoms with Crippen LogP contribution in [0.15, 0.2) is 48.6 Å². The van der Waals surface area contributed by atoms with Crippen LogP contribution in [0.3, 0.4) is 0 Å². The summed E-state index contributed by atoms with van der Waals surface area (Å²) in [5.74, 6) is 0.471. The molecule has 2 aliphatic rings. The molecule has 3 heteroatoms. The van der Waals surface area contributed by atoms with E-state index in [0.29, 0.717) is 6.42 Å². The van der Waals surface area contributed by atoms with Crippen LogP contribution in [0.1, 0.15) is 51.0 Å². The molecule has 0 bridgehead atoms. The van der Waals surface area contributed by atoms with Crippen molar-refractivity contribution in [3.05, 3.63) is 54.1 Å². The lowest BCUT2D eigenvalue weighted by Gasteiger charge is -2.30. The van der Waals surface area contributed by atoms with Crippen LogP contribution in [-0.2, 0) is 9.53 Å². The highest BCUT2D eigenvalue weighted by atomic mass is 16.6. The van der Waals surface area contributed by atoms with Gasteiger partial charge >= 0.3 is 5.97 Å². The van der Waals surface area contributed by atoms with Gasteiger partial charge in [-0.25, -0.2) is 0 Å². The van der Waals surface area contributed by atoms with Crippen molar-refractivity contribution in [2.75, 3.05) is 0 Å². The predicted octanol–water partition coefficient (Wildman–Crippen LogP) is 5.05. The number of nitriles is 1. The smallest absolute Gasteiger partial charge is 0.310 e. The number of esters is 1. The summed E-state index contributed by atoms with van der Waals surface area (Å²) in [7, 11) is 0. The molecule has 0 N–H and O–H groups in total. The second-order valence-electron chi connectivity index (χ2n) is 7.11. The van der Waals surface area contributed by atoms with E-state index in [0.717, 1.165) is 42.7 Å². The Morgan fingerprint density at radius 2 is 1.96 bits per heavy atom. The molecule has 0 saturated heterocycles. The minimum Gasteiger partial charge on any atom is -0.439 e. The summed E-state index contributed by atoms with van der Waals surface area (Å²) in [6.45, 7) is 2.21. The highest BCUT2D eigenvalue weighted by Crippen LogP contribution is 2.34. The Kier molecular flexibility index (Phi) is 5.38. The molecule has 3 nitrogen and oxygen atoms in total. The molecule has 0 aromatic heterocycles. The van der Waals surface area contributed by atoms with E-state index in [1.807, 2.05) is 42.5 Å². The molecule has 1 aromatic carbocycles. The molecule has 25 heavy (non-hydrogen) atoms. The molecule has 130 valence electrons. The van der Waals surface area contributed by atoms with Crippen LogP contribution in [0.5, 0.6) is 0 Å². The van der Waals surface area contributed by atoms with Crippen molar-refractivity contribution < 1.29 is 9.53 Å². The zero-order chi connectivity index (χ0) is 17.7. The fourth-order valence-electron chi connectivity index (χ4n) is 3.72. The SMILES string of the molecule is CCC1CCC(C(=O)OC2(C#N)C=CC(c3ccccc3)=CC2)CC1. The first-order chi connectivity index (χ1) is 12.2. The third-order valence-electron chi connectivity index (χ3n) is 5.49. The van der Waals surface area contributed by atoms with E-state index in [2.05, 4.69) is 13.0 Å². The Labute approximate surface area is 150 Å². The van der Waals surface area contributed by atoms with Gasteiger partial charge in [0.2, 0.25) is 5.60 Å². The monoisotopic (exact) mass is 335 g/mol. The third-order valence-corrected chi connectivity index (χ3v) is 5.49. The lowest BCUT2D eigenvalue weighted by atomic mass is 9.81. The highest BCUT2D eigenvalue weighted by Gasteiger charge is 2.36. The Balaban J connectivity index is 1.64. The van der Waals surface area contributed by atoms with Gasteiger partial charge in [-0.1, -0.05) is 55.8 Å². The molecule has 0 radical (unpaired) electrons. The maximum atomic E-state index is 12.5. The van der Waals surface area contributed by atoms with Crippen molar-refractivity contribution >= 4 is 11.5 Å². The standard InChI is InChI=1S/C22H25NO2/c1-2-17-8-10-20(11-9-17)21(24)25-22(16-23)14-12-19(13-15-22)18-6-4-3-5-7-18/h3-7,12-14,17,20H,2,8-11,15H2,1H3. The molecule has 1 unspecified atom stereocenters. The fraction of sp³-hybridized carbons (Fsp3) is 0.455. The molecule has 1 saturated carbocycles. The first-order valence-corrected chi connectivity index (χ1v) is 9.24. The summed E-state index contributed by atoms with van der Waals surface area (Å²) in [4.78, 5) is 12.5. The van der Waals surface area contributed by atoms with Gasteiger partial charge in [-0.3, -0.25) is 4.79 Å². The molecular weight excluding hydrogens is 310 g/mol. The number of hydrogen-bond acceptors (Lipinski definition) is 3. The first kappa shape index (κ1) is 17.5. The van der Waals surface area contributed by atoms with Gasteiger partial charge in [-0.15, -0.1) is 0 Å². The van der Waals surface area contributed by atoms with E-state index in [9.17, 15) is 10.1 Å². The van der Waals surface area contributed by atoms with Crippen molar-refractivity contribution in [3.8, 4) is 6.07 Å². The van der Waals surface area contributed by atoms with Crippen molar-refractivity contribution in [3.63, 3.8) is 0 Å². The van der Waals surface area contributed by atoms with E-state index in [1.54, 1.807) is 6.08 Å². The molecule has 1 aromatic rings. The normalized spacial score (nSPS) is 28.7. The minimum atomic E-state index is -1.16. The van der Waals surface area contributed by atoms with Crippen molar-refractivity contribution in [2.24, 2.45) is 11.8 Å². The van der Waals surface area contributed by atoms with Crippen LogP contribution in [0.2, 0.25) is 0 Å². The van der Waals surface area contributed by atoms with Crippen LogP contribution >= 0.6 is 0 Å². The number of ether oxygens (including phenoxy) is 1. The van der Waals surface area contributed by atoms with Crippen molar-refractivity contribution in [2.45, 2.75) is 51.0 Å². The summed E-state index contributed by atoms with van der Waals surface area (Å²) >= 11 is 0. The first-order valence-electron chi connectivity index (χ1n) is 9.24. The van der Waals surface area contributed by atoms with Gasteiger partial charge in [0.25, 0.3) is 0 Å². The van der Waals surface area contributed by atoms with Crippen LogP contribution in [0, 0.1) is 23.2 Å². The molecular formula is C22H25NO2. The van der Waals surface area contributed by atoms with Gasteiger partial charge < -0.3 is 4.74 Å². The van der Waals surface area contributed by atoms with E-state index in [1.165, 1.54) is 6.42 Å². The summed E-state index contributed by atoms with van der Waals surface area (Å²) in [5, 5.41) is 9.62. The molecule has 1 fully saturated rings. The predicted molar refractivity (Wildman–Crippen MR) is 98.4 cm³/mol. The maximum absolute atomic E-state index is 12.5. The molecule has 2 aliphatic carbocycles. The van der Waals surface area contributed by atoms with Crippen molar-refractivity contribution in [1.29, 1.82) is 5.26 Å². The van der Waals surface area contributed by atoms with Crippen LogP contribution in [0.25, 0.3) is 5.57 Å². The lowest BCUT2D eigenvalue weighted by molar-refractivity contribution is -0.157. The van der Waals surface area contributed by atoms with Crippen molar-refractivity contribution in [1.82, 2.24) is 0 Å². The minimum absolute atomic E-state index is 0.0547. The summed E-state index contributed by atoms with van der Waals surface area (Å²) in [6, 6.07) is 12.2. The van der Waals surface area contributed by atoms with Gasteiger partial charge in [0.15, 0.2) is 0 Å². The summed E-state index contributed by atoms with van der Waals surface area (Å²) < 4.78 is 5.69. The Bertz CT molecular complexity index is 705. The molecule has 0 spiro atoms. The second kappa shape index (κ2) is 7.70. The van der Waals surface area contributed by atoms with Crippen LogP contribution in [0.4, 0.5) is 0 Å². The quantitative estimate of drug-likeness (QED) is 0.723. The molecule has 3 rings (SSSR count). The number of allylic oxidation sites excluding steroid dienone is 2. The van der Waals surface area contributed by atoms with E-state index < -0.39 is 5.60 Å². The second-order valence-corrected chi connectivity index (χ2v) is 7.11. The highest BCUT2D eigenvalue weighted by molar-refractivity contribution is 5.77. The third kappa shape index (κ3) is 4.02.